The van der Waals surface area contributed by atoms with Gasteiger partial charge >= 0.3 is 6.09 Å². The number of likely N-dealkylation sites (tertiary alicyclic amines) is 1. The number of rotatable bonds is 1. The molecule has 0 unspecified atom stereocenters. The van der Waals surface area contributed by atoms with Gasteiger partial charge in [-0.05, 0) is 64.3 Å². The molecule has 2 aromatic carbocycles. The molecule has 2 heterocycles. The lowest BCUT2D eigenvalue weighted by Gasteiger charge is -2.34. The Bertz CT molecular complexity index is 1110. The number of aromatic amines is 1. The zero-order valence-electron chi connectivity index (χ0n) is 18.4. The summed E-state index contributed by atoms with van der Waals surface area (Å²) < 4.78 is 5.83. The summed E-state index contributed by atoms with van der Waals surface area (Å²) in [4.78, 5) is 23.8. The molecular formula is C25H31N3O2. The summed E-state index contributed by atoms with van der Waals surface area (Å²) in [6.45, 7) is 7.91. The van der Waals surface area contributed by atoms with Crippen molar-refractivity contribution in [2.24, 2.45) is 5.92 Å². The van der Waals surface area contributed by atoms with Gasteiger partial charge in [0, 0.05) is 11.4 Å². The molecule has 1 aliphatic carbocycles. The number of carbonyl (C=O) groups is 1. The second-order valence-corrected chi connectivity index (χ2v) is 10.1. The Kier molecular flexibility index (Phi) is 4.53. The fraction of sp³-hybridized carbons (Fsp3) is 0.520. The van der Waals surface area contributed by atoms with Gasteiger partial charge in [0.15, 0.2) is 0 Å². The van der Waals surface area contributed by atoms with Gasteiger partial charge in [-0.25, -0.2) is 9.78 Å². The molecule has 3 aromatic rings. The highest BCUT2D eigenvalue weighted by molar-refractivity contribution is 6.04. The van der Waals surface area contributed by atoms with Crippen LogP contribution < -0.4 is 0 Å². The third-order valence-corrected chi connectivity index (χ3v) is 6.65. The standard InChI is InChI=1S/C25H31N3O2/c1-15-9-11-18-16(13-15)10-12-19-22(18)27-23(26-19)21-14-17-7-5-6-8-20(17)28(21)24(29)30-25(2,3)4/h9-13,17,20-21H,5-8,14H2,1-4H3,(H,26,27)/t17-,20-,21-/m0/s1. The zero-order chi connectivity index (χ0) is 21.0. The number of nitrogens with zero attached hydrogens (tertiary/aromatic N) is 2. The molecule has 5 heteroatoms. The largest absolute Gasteiger partial charge is 0.444 e. The first kappa shape index (κ1) is 19.4. The van der Waals surface area contributed by atoms with Crippen molar-refractivity contribution in [3.63, 3.8) is 0 Å². The third-order valence-electron chi connectivity index (χ3n) is 6.65. The number of aryl methyl sites for hydroxylation is 1. The minimum Gasteiger partial charge on any atom is -0.444 e. The van der Waals surface area contributed by atoms with E-state index in [4.69, 9.17) is 9.72 Å². The molecule has 0 bridgehead atoms. The highest BCUT2D eigenvalue weighted by Crippen LogP contribution is 2.46. The van der Waals surface area contributed by atoms with E-state index in [-0.39, 0.29) is 18.2 Å². The molecule has 3 atom stereocenters. The number of H-pyrrole nitrogens is 1. The topological polar surface area (TPSA) is 58.2 Å². The molecule has 1 amide bonds. The van der Waals surface area contributed by atoms with E-state index in [0.29, 0.717) is 5.92 Å². The Morgan fingerprint density at radius 2 is 1.97 bits per heavy atom. The number of aromatic nitrogens is 2. The molecule has 30 heavy (non-hydrogen) atoms. The van der Waals surface area contributed by atoms with Gasteiger partial charge < -0.3 is 9.72 Å². The van der Waals surface area contributed by atoms with Gasteiger partial charge in [-0.2, -0.15) is 0 Å². The SMILES string of the molecule is Cc1ccc2c(ccc3[nH]c([C@@H]4C[C@@H]5CCCC[C@@H]5N4C(=O)OC(C)(C)C)nc32)c1. The van der Waals surface area contributed by atoms with Gasteiger partial charge in [0.25, 0.3) is 0 Å². The lowest BCUT2D eigenvalue weighted by Crippen LogP contribution is -2.43. The molecule has 1 saturated heterocycles. The van der Waals surface area contributed by atoms with Crippen molar-refractivity contribution >= 4 is 27.9 Å². The molecular weight excluding hydrogens is 374 g/mol. The first-order valence-corrected chi connectivity index (χ1v) is 11.2. The normalized spacial score (nSPS) is 24.4. The van der Waals surface area contributed by atoms with Crippen LogP contribution >= 0.6 is 0 Å². The summed E-state index contributed by atoms with van der Waals surface area (Å²) in [5, 5.41) is 2.35. The van der Waals surface area contributed by atoms with E-state index < -0.39 is 5.60 Å². The highest BCUT2D eigenvalue weighted by atomic mass is 16.6. The Morgan fingerprint density at radius 3 is 2.77 bits per heavy atom. The smallest absolute Gasteiger partial charge is 0.411 e. The Morgan fingerprint density at radius 1 is 1.17 bits per heavy atom. The molecule has 1 N–H and O–H groups in total. The number of imidazole rings is 1. The molecule has 2 aliphatic rings. The number of fused-ring (bicyclic) bond motifs is 4. The maximum absolute atomic E-state index is 13.2. The van der Waals surface area contributed by atoms with Gasteiger partial charge in [0.05, 0.1) is 17.1 Å². The van der Waals surface area contributed by atoms with Crippen LogP contribution in [0.1, 0.15) is 70.3 Å². The van der Waals surface area contributed by atoms with E-state index in [0.717, 1.165) is 35.1 Å². The minimum absolute atomic E-state index is 0.0548. The predicted octanol–water partition coefficient (Wildman–Crippen LogP) is 6.27. The lowest BCUT2D eigenvalue weighted by atomic mass is 9.85. The molecule has 158 valence electrons. The van der Waals surface area contributed by atoms with E-state index in [9.17, 15) is 4.79 Å². The fourth-order valence-electron chi connectivity index (χ4n) is 5.38. The molecule has 2 fully saturated rings. The first-order chi connectivity index (χ1) is 14.3. The van der Waals surface area contributed by atoms with Crippen LogP contribution in [0.3, 0.4) is 0 Å². The molecule has 1 saturated carbocycles. The van der Waals surface area contributed by atoms with Crippen LogP contribution in [0, 0.1) is 12.8 Å². The first-order valence-electron chi connectivity index (χ1n) is 11.2. The monoisotopic (exact) mass is 405 g/mol. The summed E-state index contributed by atoms with van der Waals surface area (Å²) in [7, 11) is 0. The Balaban J connectivity index is 1.57. The number of amides is 1. The number of carbonyl (C=O) groups excluding carboxylic acids is 1. The van der Waals surface area contributed by atoms with Crippen LogP contribution in [0.15, 0.2) is 30.3 Å². The van der Waals surface area contributed by atoms with Crippen LogP contribution in [0.25, 0.3) is 21.8 Å². The number of hydrogen-bond donors (Lipinski definition) is 1. The third kappa shape index (κ3) is 3.34. The maximum Gasteiger partial charge on any atom is 0.411 e. The summed E-state index contributed by atoms with van der Waals surface area (Å²) in [6, 6.07) is 10.9. The van der Waals surface area contributed by atoms with Crippen molar-refractivity contribution in [1.29, 1.82) is 0 Å². The molecule has 1 aromatic heterocycles. The van der Waals surface area contributed by atoms with Crippen LogP contribution in [0.2, 0.25) is 0 Å². The molecule has 0 spiro atoms. The van der Waals surface area contributed by atoms with Crippen LogP contribution in [-0.4, -0.2) is 32.6 Å². The predicted molar refractivity (Wildman–Crippen MR) is 120 cm³/mol. The average Bonchev–Trinajstić information content (AvgIpc) is 3.27. The number of nitrogens with one attached hydrogen (secondary N) is 1. The van der Waals surface area contributed by atoms with Crippen molar-refractivity contribution < 1.29 is 9.53 Å². The summed E-state index contributed by atoms with van der Waals surface area (Å²) in [5.41, 5.74) is 2.76. The molecule has 5 nitrogen and oxygen atoms in total. The van der Waals surface area contributed by atoms with E-state index >= 15 is 0 Å². The van der Waals surface area contributed by atoms with Gasteiger partial charge in [-0.15, -0.1) is 0 Å². The number of benzene rings is 2. The van der Waals surface area contributed by atoms with Gasteiger partial charge in [-0.3, -0.25) is 4.90 Å². The van der Waals surface area contributed by atoms with Crippen LogP contribution in [0.5, 0.6) is 0 Å². The fourth-order valence-corrected chi connectivity index (χ4v) is 5.38. The maximum atomic E-state index is 13.2. The van der Waals surface area contributed by atoms with E-state index in [1.165, 1.54) is 30.2 Å². The van der Waals surface area contributed by atoms with E-state index in [1.807, 2.05) is 25.7 Å². The van der Waals surface area contributed by atoms with Crippen molar-refractivity contribution in [3.8, 4) is 0 Å². The van der Waals surface area contributed by atoms with Crippen LogP contribution in [-0.2, 0) is 4.74 Å². The minimum atomic E-state index is -0.504. The number of ether oxygens (including phenoxy) is 1. The summed E-state index contributed by atoms with van der Waals surface area (Å²) in [5.74, 6) is 1.42. The van der Waals surface area contributed by atoms with Gasteiger partial charge in [0.2, 0.25) is 0 Å². The second kappa shape index (κ2) is 7.00. The second-order valence-electron chi connectivity index (χ2n) is 10.1. The summed E-state index contributed by atoms with van der Waals surface area (Å²) >= 11 is 0. The van der Waals surface area contributed by atoms with Crippen molar-refractivity contribution in [3.05, 3.63) is 41.7 Å². The highest BCUT2D eigenvalue weighted by Gasteiger charge is 2.47. The Labute approximate surface area is 177 Å². The summed E-state index contributed by atoms with van der Waals surface area (Å²) in [6.07, 6.45) is 5.42. The molecule has 1 aliphatic heterocycles. The van der Waals surface area contributed by atoms with Crippen LogP contribution in [0.4, 0.5) is 4.79 Å². The van der Waals surface area contributed by atoms with E-state index in [2.05, 4.69) is 42.2 Å². The van der Waals surface area contributed by atoms with E-state index in [1.54, 1.807) is 0 Å². The molecule has 0 radical (unpaired) electrons. The van der Waals surface area contributed by atoms with Gasteiger partial charge in [0.1, 0.15) is 11.4 Å². The average molecular weight is 406 g/mol. The van der Waals surface area contributed by atoms with Crippen molar-refractivity contribution in [2.45, 2.75) is 77.5 Å². The van der Waals surface area contributed by atoms with Crippen molar-refractivity contribution in [2.75, 3.05) is 0 Å². The number of hydrogen-bond acceptors (Lipinski definition) is 3. The lowest BCUT2D eigenvalue weighted by molar-refractivity contribution is 0.00953. The van der Waals surface area contributed by atoms with Crippen molar-refractivity contribution in [1.82, 2.24) is 14.9 Å². The Hall–Kier alpha value is -2.56. The van der Waals surface area contributed by atoms with Gasteiger partial charge in [-0.1, -0.05) is 42.7 Å². The zero-order valence-corrected chi connectivity index (χ0v) is 18.4. The quantitative estimate of drug-likeness (QED) is 0.519. The molecule has 5 rings (SSSR count).